The van der Waals surface area contributed by atoms with Crippen molar-refractivity contribution in [3.63, 3.8) is 0 Å². The van der Waals surface area contributed by atoms with E-state index in [2.05, 4.69) is 10.3 Å². The Morgan fingerprint density at radius 1 is 1.50 bits per heavy atom. The number of carbonyl (C=O) groups excluding carboxylic acids is 1. The van der Waals surface area contributed by atoms with Crippen LogP contribution >= 0.6 is 0 Å². The zero-order chi connectivity index (χ0) is 13.0. The van der Waals surface area contributed by atoms with E-state index in [1.807, 2.05) is 7.05 Å². The average Bonchev–Trinajstić information content (AvgIpc) is 2.46. The molecule has 2 rings (SSSR count). The Morgan fingerprint density at radius 3 is 2.89 bits per heavy atom. The zero-order valence-corrected chi connectivity index (χ0v) is 10.8. The van der Waals surface area contributed by atoms with Crippen LogP contribution < -0.4 is 10.1 Å². The van der Waals surface area contributed by atoms with Crippen molar-refractivity contribution in [1.29, 1.82) is 0 Å². The predicted molar refractivity (Wildman–Crippen MR) is 68.8 cm³/mol. The Labute approximate surface area is 107 Å². The van der Waals surface area contributed by atoms with Gasteiger partial charge in [0.25, 0.3) is 5.91 Å². The molecule has 1 N–H and O–H groups in total. The van der Waals surface area contributed by atoms with E-state index in [9.17, 15) is 4.79 Å². The fraction of sp³-hybridized carbons (Fsp3) is 0.538. The number of carbonyl (C=O) groups is 1. The molecule has 5 heteroatoms. The van der Waals surface area contributed by atoms with Crippen LogP contribution in [0, 0.1) is 0 Å². The van der Waals surface area contributed by atoms with Crippen molar-refractivity contribution < 1.29 is 9.53 Å². The molecule has 1 amide bonds. The highest BCUT2D eigenvalue weighted by atomic mass is 16.5. The summed E-state index contributed by atoms with van der Waals surface area (Å²) in [5.41, 5.74) is 0.529. The number of piperidine rings is 1. The third kappa shape index (κ3) is 2.61. The van der Waals surface area contributed by atoms with E-state index < -0.39 is 0 Å². The highest BCUT2D eigenvalue weighted by Crippen LogP contribution is 2.19. The number of hydrogen-bond acceptors (Lipinski definition) is 4. The van der Waals surface area contributed by atoms with Crippen molar-refractivity contribution >= 4 is 5.91 Å². The van der Waals surface area contributed by atoms with Crippen molar-refractivity contribution in [2.24, 2.45) is 0 Å². The number of methoxy groups -OCH3 is 1. The molecule has 1 aromatic heterocycles. The first-order valence-corrected chi connectivity index (χ1v) is 6.21. The van der Waals surface area contributed by atoms with Gasteiger partial charge in [-0.1, -0.05) is 0 Å². The van der Waals surface area contributed by atoms with Crippen molar-refractivity contribution in [2.45, 2.75) is 18.9 Å². The Morgan fingerprint density at radius 2 is 2.22 bits per heavy atom. The summed E-state index contributed by atoms with van der Waals surface area (Å²) in [7, 11) is 3.38. The van der Waals surface area contributed by atoms with E-state index in [1.54, 1.807) is 23.2 Å². The number of hydrogen-bond donors (Lipinski definition) is 1. The van der Waals surface area contributed by atoms with Gasteiger partial charge in [0.1, 0.15) is 5.56 Å². The smallest absolute Gasteiger partial charge is 0.259 e. The van der Waals surface area contributed by atoms with E-state index in [4.69, 9.17) is 4.74 Å². The second-order valence-corrected chi connectivity index (χ2v) is 4.46. The summed E-state index contributed by atoms with van der Waals surface area (Å²) in [6.45, 7) is 1.93. The van der Waals surface area contributed by atoms with Gasteiger partial charge in [-0.15, -0.1) is 0 Å². The lowest BCUT2D eigenvalue weighted by atomic mass is 10.0. The monoisotopic (exact) mass is 249 g/mol. The largest absolute Gasteiger partial charge is 0.480 e. The normalized spacial score (nSPS) is 16.3. The average molecular weight is 249 g/mol. The molecule has 5 nitrogen and oxygen atoms in total. The van der Waals surface area contributed by atoms with Crippen molar-refractivity contribution in [3.8, 4) is 5.88 Å². The number of nitrogens with zero attached hydrogens (tertiary/aromatic N) is 2. The van der Waals surface area contributed by atoms with Crippen LogP contribution in [0.2, 0.25) is 0 Å². The van der Waals surface area contributed by atoms with Gasteiger partial charge in [0.05, 0.1) is 7.11 Å². The van der Waals surface area contributed by atoms with E-state index in [0.717, 1.165) is 25.9 Å². The van der Waals surface area contributed by atoms with Gasteiger partial charge in [-0.05, 0) is 38.1 Å². The van der Waals surface area contributed by atoms with Crippen LogP contribution in [-0.2, 0) is 0 Å². The maximum atomic E-state index is 12.4. The minimum Gasteiger partial charge on any atom is -0.480 e. The zero-order valence-electron chi connectivity index (χ0n) is 10.8. The molecular formula is C13H19N3O2. The molecule has 1 aliphatic heterocycles. The maximum absolute atomic E-state index is 12.4. The predicted octanol–water partition coefficient (Wildman–Crippen LogP) is 0.914. The topological polar surface area (TPSA) is 54.5 Å². The van der Waals surface area contributed by atoms with Gasteiger partial charge in [0.15, 0.2) is 0 Å². The lowest BCUT2D eigenvalue weighted by Crippen LogP contribution is -2.44. The fourth-order valence-corrected chi connectivity index (χ4v) is 2.27. The van der Waals surface area contributed by atoms with Crippen molar-refractivity contribution in [2.75, 3.05) is 27.2 Å². The van der Waals surface area contributed by atoms with Gasteiger partial charge < -0.3 is 15.0 Å². The molecule has 0 saturated carbocycles. The molecule has 1 aliphatic rings. The van der Waals surface area contributed by atoms with Gasteiger partial charge >= 0.3 is 0 Å². The molecule has 0 spiro atoms. The summed E-state index contributed by atoms with van der Waals surface area (Å²) >= 11 is 0. The van der Waals surface area contributed by atoms with Crippen LogP contribution in [0.5, 0.6) is 5.88 Å². The molecule has 1 saturated heterocycles. The molecule has 18 heavy (non-hydrogen) atoms. The first-order valence-electron chi connectivity index (χ1n) is 6.21. The van der Waals surface area contributed by atoms with Crippen LogP contribution in [0.25, 0.3) is 0 Å². The molecule has 0 bridgehead atoms. The van der Waals surface area contributed by atoms with Gasteiger partial charge in [-0.2, -0.15) is 0 Å². The van der Waals surface area contributed by atoms with E-state index >= 15 is 0 Å². The van der Waals surface area contributed by atoms with E-state index in [1.165, 1.54) is 7.11 Å². The Hall–Kier alpha value is -1.62. The fourth-order valence-electron chi connectivity index (χ4n) is 2.27. The molecule has 0 aliphatic carbocycles. The maximum Gasteiger partial charge on any atom is 0.259 e. The molecule has 0 atom stereocenters. The summed E-state index contributed by atoms with van der Waals surface area (Å²) in [5, 5.41) is 3.30. The lowest BCUT2D eigenvalue weighted by molar-refractivity contribution is 0.0699. The van der Waals surface area contributed by atoms with Gasteiger partial charge in [0.2, 0.25) is 5.88 Å². The third-order valence-corrected chi connectivity index (χ3v) is 3.37. The molecule has 1 fully saturated rings. The van der Waals surface area contributed by atoms with Crippen molar-refractivity contribution in [1.82, 2.24) is 15.2 Å². The minimum atomic E-state index is -0.0214. The summed E-state index contributed by atoms with van der Waals surface area (Å²) in [6.07, 6.45) is 3.61. The van der Waals surface area contributed by atoms with Crippen LogP contribution in [0.15, 0.2) is 18.3 Å². The molecule has 1 aromatic rings. The second-order valence-electron chi connectivity index (χ2n) is 4.46. The van der Waals surface area contributed by atoms with Crippen molar-refractivity contribution in [3.05, 3.63) is 23.9 Å². The molecule has 0 unspecified atom stereocenters. The number of ether oxygens (including phenoxy) is 1. The highest BCUT2D eigenvalue weighted by molar-refractivity contribution is 5.96. The second kappa shape index (κ2) is 5.82. The summed E-state index contributed by atoms with van der Waals surface area (Å²) < 4.78 is 5.13. The molecule has 0 radical (unpaired) electrons. The Balaban J connectivity index is 2.14. The number of rotatable bonds is 3. The Bertz CT molecular complexity index is 416. The standard InChI is InChI=1S/C13H19N3O2/c1-16(10-5-8-14-9-6-10)13(17)11-4-3-7-15-12(11)18-2/h3-4,7,10,14H,5-6,8-9H2,1-2H3. The molecule has 2 heterocycles. The van der Waals surface area contributed by atoms with Crippen LogP contribution in [0.1, 0.15) is 23.2 Å². The first kappa shape index (κ1) is 12.8. The molecule has 0 aromatic carbocycles. The number of nitrogens with one attached hydrogen (secondary N) is 1. The van der Waals surface area contributed by atoms with Gasteiger partial charge in [-0.25, -0.2) is 4.98 Å². The summed E-state index contributed by atoms with van der Waals surface area (Å²) in [6, 6.07) is 3.81. The van der Waals surface area contributed by atoms with Gasteiger partial charge in [0, 0.05) is 19.3 Å². The first-order chi connectivity index (χ1) is 8.74. The Kier molecular flexibility index (Phi) is 4.15. The number of pyridine rings is 1. The molecular weight excluding hydrogens is 230 g/mol. The van der Waals surface area contributed by atoms with Crippen LogP contribution in [0.3, 0.4) is 0 Å². The third-order valence-electron chi connectivity index (χ3n) is 3.37. The van der Waals surface area contributed by atoms with E-state index in [0.29, 0.717) is 17.5 Å². The SMILES string of the molecule is COc1ncccc1C(=O)N(C)C1CCNCC1. The number of aromatic nitrogens is 1. The number of amides is 1. The lowest BCUT2D eigenvalue weighted by Gasteiger charge is -2.31. The summed E-state index contributed by atoms with van der Waals surface area (Å²) in [4.78, 5) is 18.3. The molecule has 98 valence electrons. The quantitative estimate of drug-likeness (QED) is 0.865. The summed E-state index contributed by atoms with van der Waals surface area (Å²) in [5.74, 6) is 0.370. The minimum absolute atomic E-state index is 0.0214. The van der Waals surface area contributed by atoms with Gasteiger partial charge in [-0.3, -0.25) is 4.79 Å². The van der Waals surface area contributed by atoms with Crippen LogP contribution in [0.4, 0.5) is 0 Å². The van der Waals surface area contributed by atoms with E-state index in [-0.39, 0.29) is 5.91 Å². The highest BCUT2D eigenvalue weighted by Gasteiger charge is 2.24. The van der Waals surface area contributed by atoms with Crippen LogP contribution in [-0.4, -0.2) is 49.1 Å².